The Bertz CT molecular complexity index is 1640. The van der Waals surface area contributed by atoms with Gasteiger partial charge in [-0.1, -0.05) is 35.3 Å². The van der Waals surface area contributed by atoms with E-state index in [1.807, 2.05) is 0 Å². The third-order valence-corrected chi connectivity index (χ3v) is 7.47. The largest absolute Gasteiger partial charge is 0.463 e. The summed E-state index contributed by atoms with van der Waals surface area (Å²) in [5, 5.41) is -0.0502. The minimum atomic E-state index is -1.47. The van der Waals surface area contributed by atoms with Crippen molar-refractivity contribution in [3.05, 3.63) is 94.3 Å². The van der Waals surface area contributed by atoms with E-state index in [1.54, 1.807) is 13.8 Å². The molecular formula is C26H20Cl2F2N2O5S. The summed E-state index contributed by atoms with van der Waals surface area (Å²) in [6.07, 6.45) is 1.21. The Morgan fingerprint density at radius 2 is 1.58 bits per heavy atom. The Kier molecular flexibility index (Phi) is 8.05. The molecule has 0 fully saturated rings. The molecule has 0 unspecified atom stereocenters. The van der Waals surface area contributed by atoms with E-state index in [2.05, 4.69) is 0 Å². The average Bonchev–Trinajstić information content (AvgIpc) is 3.17. The molecule has 12 heteroatoms. The first-order valence-corrected chi connectivity index (χ1v) is 12.9. The van der Waals surface area contributed by atoms with Crippen LogP contribution < -0.4 is 20.5 Å². The molecule has 0 saturated heterocycles. The van der Waals surface area contributed by atoms with Crippen molar-refractivity contribution in [1.82, 2.24) is 4.57 Å². The summed E-state index contributed by atoms with van der Waals surface area (Å²) in [6, 6.07) is 7.87. The fraction of sp³-hybridized carbons (Fsp3) is 0.192. The molecule has 3 aromatic rings. The molecule has 0 spiro atoms. The molecule has 1 aliphatic rings. The lowest BCUT2D eigenvalue weighted by atomic mass is 9.82. The highest BCUT2D eigenvalue weighted by Crippen LogP contribution is 2.41. The van der Waals surface area contributed by atoms with Crippen molar-refractivity contribution < 1.29 is 27.8 Å². The van der Waals surface area contributed by atoms with Gasteiger partial charge in [-0.05, 0) is 44.2 Å². The maximum Gasteiger partial charge on any atom is 0.338 e. The van der Waals surface area contributed by atoms with Crippen molar-refractivity contribution in [3.8, 4) is 0 Å². The summed E-state index contributed by atoms with van der Waals surface area (Å²) < 4.78 is 41.0. The molecule has 0 amide bonds. The van der Waals surface area contributed by atoms with Crippen molar-refractivity contribution in [2.45, 2.75) is 19.8 Å². The number of halogens is 4. The van der Waals surface area contributed by atoms with E-state index in [-0.39, 0.29) is 54.7 Å². The van der Waals surface area contributed by atoms with Gasteiger partial charge in [0.2, 0.25) is 0 Å². The topological polar surface area (TPSA) is 101 Å². The number of ether oxygens (including phenoxy) is 2. The highest BCUT2D eigenvalue weighted by molar-refractivity contribution is 7.07. The van der Waals surface area contributed by atoms with Crippen LogP contribution >= 0.6 is 34.5 Å². The molecule has 1 aliphatic heterocycles. The monoisotopic (exact) mass is 580 g/mol. The second-order valence-corrected chi connectivity index (χ2v) is 9.76. The third-order valence-electron chi connectivity index (χ3n) is 5.70. The lowest BCUT2D eigenvalue weighted by molar-refractivity contribution is -0.138. The molecule has 2 heterocycles. The van der Waals surface area contributed by atoms with E-state index < -0.39 is 40.9 Å². The van der Waals surface area contributed by atoms with E-state index in [1.165, 1.54) is 36.4 Å². The van der Waals surface area contributed by atoms with E-state index in [0.29, 0.717) is 0 Å². The van der Waals surface area contributed by atoms with Crippen LogP contribution in [0.2, 0.25) is 10.0 Å². The number of rotatable bonds is 6. The van der Waals surface area contributed by atoms with Crippen LogP contribution in [0.25, 0.3) is 17.5 Å². The van der Waals surface area contributed by atoms with Gasteiger partial charge in [0.1, 0.15) is 22.1 Å². The van der Waals surface area contributed by atoms with Crippen molar-refractivity contribution >= 4 is 63.9 Å². The minimum Gasteiger partial charge on any atom is -0.463 e. The summed E-state index contributed by atoms with van der Waals surface area (Å²) in [5.41, 5.74) is 4.68. The van der Waals surface area contributed by atoms with Crippen LogP contribution in [0.5, 0.6) is 0 Å². The maximum atomic E-state index is 15.3. The van der Waals surface area contributed by atoms with Gasteiger partial charge < -0.3 is 15.2 Å². The van der Waals surface area contributed by atoms with E-state index in [9.17, 15) is 18.8 Å². The lowest BCUT2D eigenvalue weighted by Crippen LogP contribution is -2.42. The Morgan fingerprint density at radius 1 is 1.00 bits per heavy atom. The molecule has 4 rings (SSSR count). The van der Waals surface area contributed by atoms with Crippen LogP contribution in [0, 0.1) is 11.6 Å². The standard InChI is InChI=1S/C26H20Cl2F2N2O5S/c1-3-36-25(34)20-19(18-14(28)8-6-10-16(18)30)21(26(35)37-4-2)24-32(22(20)31)23(33)17(38-24)11-12-13(27)7-5-9-15(12)29/h5-11,19H,3-4,31H2,1-2H3/b17-11-/t19-/m0/s1. The zero-order valence-electron chi connectivity index (χ0n) is 20.0. The normalized spacial score (nSPS) is 15.5. The van der Waals surface area contributed by atoms with Gasteiger partial charge >= 0.3 is 11.9 Å². The van der Waals surface area contributed by atoms with Crippen LogP contribution in [-0.2, 0) is 19.1 Å². The smallest absolute Gasteiger partial charge is 0.338 e. The molecule has 1 aromatic heterocycles. The van der Waals surface area contributed by atoms with Crippen LogP contribution in [0.3, 0.4) is 0 Å². The van der Waals surface area contributed by atoms with Crippen LogP contribution in [0.15, 0.2) is 46.8 Å². The summed E-state index contributed by atoms with van der Waals surface area (Å²) >= 11 is 13.3. The van der Waals surface area contributed by atoms with Gasteiger partial charge in [-0.2, -0.15) is 0 Å². The number of thiazole rings is 1. The number of carbonyl (C=O) groups excluding carboxylic acids is 2. The number of esters is 2. The number of nitrogens with zero attached hydrogens (tertiary/aromatic N) is 1. The van der Waals surface area contributed by atoms with Gasteiger partial charge in [0.05, 0.1) is 39.8 Å². The first-order valence-electron chi connectivity index (χ1n) is 11.3. The molecule has 2 N–H and O–H groups in total. The van der Waals surface area contributed by atoms with Gasteiger partial charge in [-0.3, -0.25) is 9.36 Å². The second-order valence-electron chi connectivity index (χ2n) is 7.91. The van der Waals surface area contributed by atoms with Crippen LogP contribution in [0.4, 0.5) is 8.78 Å². The number of carbonyl (C=O) groups is 2. The number of fused-ring (bicyclic) bond motifs is 1. The Morgan fingerprint density at radius 3 is 2.16 bits per heavy atom. The Balaban J connectivity index is 2.20. The van der Waals surface area contributed by atoms with Crippen LogP contribution in [-0.4, -0.2) is 29.7 Å². The number of hydrogen-bond donors (Lipinski definition) is 1. The van der Waals surface area contributed by atoms with Gasteiger partial charge in [-0.25, -0.2) is 18.4 Å². The second kappa shape index (κ2) is 11.1. The fourth-order valence-corrected chi connectivity index (χ4v) is 5.75. The zero-order chi connectivity index (χ0) is 27.7. The highest BCUT2D eigenvalue weighted by atomic mass is 35.5. The van der Waals surface area contributed by atoms with Gasteiger partial charge in [0, 0.05) is 16.1 Å². The third kappa shape index (κ3) is 4.75. The lowest BCUT2D eigenvalue weighted by Gasteiger charge is -2.27. The highest BCUT2D eigenvalue weighted by Gasteiger charge is 2.42. The fourth-order valence-electron chi connectivity index (χ4n) is 4.12. The zero-order valence-corrected chi connectivity index (χ0v) is 22.3. The molecule has 0 aliphatic carbocycles. The van der Waals surface area contributed by atoms with Gasteiger partial charge in [-0.15, -0.1) is 11.3 Å². The predicted molar refractivity (Wildman–Crippen MR) is 141 cm³/mol. The SMILES string of the molecule is CCOC(=O)C1=C(N)n2c(s/c(=C\c3c(F)cccc3Cl)c2=O)=C(C(=O)OCC)[C@H]1c1c(F)cccc1Cl. The number of benzene rings is 2. The van der Waals surface area contributed by atoms with Crippen molar-refractivity contribution in [2.24, 2.45) is 5.73 Å². The molecule has 198 valence electrons. The van der Waals surface area contributed by atoms with Crippen molar-refractivity contribution in [3.63, 3.8) is 0 Å². The number of hydrogen-bond acceptors (Lipinski definition) is 7. The van der Waals surface area contributed by atoms with E-state index in [0.717, 1.165) is 22.0 Å². The molecule has 2 aromatic carbocycles. The number of aromatic nitrogens is 1. The molecule has 0 saturated carbocycles. The van der Waals surface area contributed by atoms with Gasteiger partial charge in [0.25, 0.3) is 5.56 Å². The maximum absolute atomic E-state index is 15.3. The van der Waals surface area contributed by atoms with Crippen LogP contribution in [0.1, 0.15) is 30.9 Å². The molecule has 1 atom stereocenters. The summed E-state index contributed by atoms with van der Waals surface area (Å²) in [6.45, 7) is 2.97. The Hall–Kier alpha value is -3.47. The van der Waals surface area contributed by atoms with E-state index in [4.69, 9.17) is 38.4 Å². The Labute approximate surface area is 229 Å². The summed E-state index contributed by atoms with van der Waals surface area (Å²) in [5.74, 6) is -5.29. The first kappa shape index (κ1) is 27.6. The quantitative estimate of drug-likeness (QED) is 0.448. The summed E-state index contributed by atoms with van der Waals surface area (Å²) in [4.78, 5) is 40.0. The molecular weight excluding hydrogens is 561 g/mol. The van der Waals surface area contributed by atoms with Crippen molar-refractivity contribution in [1.29, 1.82) is 0 Å². The van der Waals surface area contributed by atoms with E-state index >= 15 is 4.39 Å². The van der Waals surface area contributed by atoms with Gasteiger partial charge in [0.15, 0.2) is 0 Å². The first-order chi connectivity index (χ1) is 18.1. The molecule has 38 heavy (non-hydrogen) atoms. The minimum absolute atomic E-state index is 0.0398. The molecule has 0 radical (unpaired) electrons. The average molecular weight is 581 g/mol. The molecule has 0 bridgehead atoms. The summed E-state index contributed by atoms with van der Waals surface area (Å²) in [7, 11) is 0. The molecule has 7 nitrogen and oxygen atoms in total. The predicted octanol–water partition coefficient (Wildman–Crippen LogP) is 3.53. The van der Waals surface area contributed by atoms with Crippen molar-refractivity contribution in [2.75, 3.05) is 13.2 Å². The number of nitrogens with two attached hydrogens (primary N) is 1.